The van der Waals surface area contributed by atoms with Crippen LogP contribution in [0.4, 0.5) is 8.78 Å². The molecule has 0 radical (unpaired) electrons. The Hall–Kier alpha value is -3.68. The summed E-state index contributed by atoms with van der Waals surface area (Å²) in [6, 6.07) is 15.3. The zero-order valence-corrected chi connectivity index (χ0v) is 21.3. The summed E-state index contributed by atoms with van der Waals surface area (Å²) in [6.07, 6.45) is 4.69. The van der Waals surface area contributed by atoms with Gasteiger partial charge >= 0.3 is 0 Å². The quantitative estimate of drug-likeness (QED) is 0.386. The van der Waals surface area contributed by atoms with E-state index in [0.29, 0.717) is 56.0 Å². The zero-order valence-electron chi connectivity index (χ0n) is 21.3. The van der Waals surface area contributed by atoms with Gasteiger partial charge in [0.15, 0.2) is 5.76 Å². The minimum absolute atomic E-state index is 0.118. The van der Waals surface area contributed by atoms with Gasteiger partial charge in [-0.25, -0.2) is 8.78 Å². The molecule has 0 aliphatic carbocycles. The maximum Gasteiger partial charge on any atom is 0.289 e. The Kier molecular flexibility index (Phi) is 7.77. The summed E-state index contributed by atoms with van der Waals surface area (Å²) in [7, 11) is 0. The van der Waals surface area contributed by atoms with E-state index in [0.717, 1.165) is 32.4 Å². The van der Waals surface area contributed by atoms with Crippen molar-refractivity contribution in [2.24, 2.45) is 5.41 Å². The van der Waals surface area contributed by atoms with Crippen molar-refractivity contribution in [3.63, 3.8) is 0 Å². The molecule has 2 saturated heterocycles. The van der Waals surface area contributed by atoms with Gasteiger partial charge in [-0.15, -0.1) is 0 Å². The molecule has 0 saturated carbocycles. The van der Waals surface area contributed by atoms with Crippen LogP contribution in [0.15, 0.2) is 65.1 Å². The fourth-order valence-corrected chi connectivity index (χ4v) is 5.31. The third-order valence-corrected chi connectivity index (χ3v) is 7.66. The molecule has 0 unspecified atom stereocenters. The number of ether oxygens (including phenoxy) is 1. The predicted octanol–water partition coefficient (Wildman–Crippen LogP) is 5.93. The maximum absolute atomic E-state index is 14.2. The van der Waals surface area contributed by atoms with Gasteiger partial charge in [0.2, 0.25) is 5.91 Å². The molecule has 2 aromatic carbocycles. The average Bonchev–Trinajstić information content (AvgIpc) is 3.44. The molecule has 0 N–H and O–H groups in total. The van der Waals surface area contributed by atoms with Crippen molar-refractivity contribution >= 4 is 11.8 Å². The number of carbonyl (C=O) groups is 2. The highest BCUT2D eigenvalue weighted by Crippen LogP contribution is 2.38. The van der Waals surface area contributed by atoms with Crippen LogP contribution in [0.3, 0.4) is 0 Å². The lowest BCUT2D eigenvalue weighted by Crippen LogP contribution is -2.48. The molecule has 1 aromatic heterocycles. The lowest BCUT2D eigenvalue weighted by molar-refractivity contribution is -0.136. The smallest absolute Gasteiger partial charge is 0.289 e. The maximum atomic E-state index is 14.2. The molecular formula is C30H32F2N2O4. The van der Waals surface area contributed by atoms with Crippen molar-refractivity contribution < 1.29 is 27.5 Å². The Morgan fingerprint density at radius 1 is 0.842 bits per heavy atom. The highest BCUT2D eigenvalue weighted by atomic mass is 19.1. The number of hydrogen-bond donors (Lipinski definition) is 0. The Labute approximate surface area is 221 Å². The molecule has 0 bridgehead atoms. The van der Waals surface area contributed by atoms with E-state index in [-0.39, 0.29) is 23.4 Å². The van der Waals surface area contributed by atoms with Gasteiger partial charge in [-0.2, -0.15) is 0 Å². The third kappa shape index (κ3) is 5.90. The molecule has 8 heteroatoms. The molecule has 0 spiro atoms. The number of hydrogen-bond acceptors (Lipinski definition) is 4. The molecule has 3 aromatic rings. The summed E-state index contributed by atoms with van der Waals surface area (Å²) >= 11 is 0. The summed E-state index contributed by atoms with van der Waals surface area (Å²) in [5.41, 5.74) is -0.139. The highest BCUT2D eigenvalue weighted by Gasteiger charge is 2.40. The first-order valence-corrected chi connectivity index (χ1v) is 13.2. The largest absolute Gasteiger partial charge is 0.493 e. The molecule has 2 fully saturated rings. The molecular weight excluding hydrogens is 490 g/mol. The SMILES string of the molecule is O=C(CC1(COc2ccc(F)cc2)CCN(C(=O)c2ccc(-c3ccccc3F)o2)CC1)N1CCCCC1. The summed E-state index contributed by atoms with van der Waals surface area (Å²) in [5, 5.41) is 0. The number of benzene rings is 2. The van der Waals surface area contributed by atoms with Crippen LogP contribution in [0.1, 0.15) is 49.1 Å². The van der Waals surface area contributed by atoms with Crippen LogP contribution in [-0.4, -0.2) is 54.4 Å². The van der Waals surface area contributed by atoms with Crippen LogP contribution in [-0.2, 0) is 4.79 Å². The Bertz CT molecular complexity index is 1260. The van der Waals surface area contributed by atoms with Crippen molar-refractivity contribution in [1.29, 1.82) is 0 Å². The lowest BCUT2D eigenvalue weighted by atomic mass is 9.75. The number of piperidine rings is 2. The average molecular weight is 523 g/mol. The van der Waals surface area contributed by atoms with Gasteiger partial charge in [0.1, 0.15) is 23.1 Å². The molecule has 200 valence electrons. The molecule has 6 nitrogen and oxygen atoms in total. The van der Waals surface area contributed by atoms with Gasteiger partial charge in [0, 0.05) is 38.0 Å². The summed E-state index contributed by atoms with van der Waals surface area (Å²) in [5.74, 6) is 0.112. The van der Waals surface area contributed by atoms with Gasteiger partial charge in [-0.05, 0) is 80.6 Å². The number of nitrogens with zero attached hydrogens (tertiary/aromatic N) is 2. The molecule has 0 atom stereocenters. The fourth-order valence-electron chi connectivity index (χ4n) is 5.31. The monoisotopic (exact) mass is 522 g/mol. The van der Waals surface area contributed by atoms with Crippen molar-refractivity contribution in [1.82, 2.24) is 9.80 Å². The van der Waals surface area contributed by atoms with E-state index >= 15 is 0 Å². The predicted molar refractivity (Wildman–Crippen MR) is 139 cm³/mol. The summed E-state index contributed by atoms with van der Waals surface area (Å²) in [6.45, 7) is 2.74. The lowest BCUT2D eigenvalue weighted by Gasteiger charge is -2.42. The molecule has 3 heterocycles. The van der Waals surface area contributed by atoms with Crippen molar-refractivity contribution in [3.8, 4) is 17.1 Å². The molecule has 2 aliphatic rings. The minimum atomic E-state index is -0.443. The van der Waals surface area contributed by atoms with E-state index in [1.54, 1.807) is 47.4 Å². The first-order chi connectivity index (χ1) is 18.4. The van der Waals surface area contributed by atoms with Crippen LogP contribution < -0.4 is 4.74 Å². The first-order valence-electron chi connectivity index (χ1n) is 13.2. The molecule has 2 aliphatic heterocycles. The second-order valence-corrected chi connectivity index (χ2v) is 10.3. The number of carbonyl (C=O) groups excluding carboxylic acids is 2. The normalized spacial score (nSPS) is 17.3. The third-order valence-electron chi connectivity index (χ3n) is 7.66. The van der Waals surface area contributed by atoms with Crippen molar-refractivity contribution in [3.05, 3.63) is 78.1 Å². The van der Waals surface area contributed by atoms with Crippen molar-refractivity contribution in [2.75, 3.05) is 32.8 Å². The second kappa shape index (κ2) is 11.4. The van der Waals surface area contributed by atoms with E-state index < -0.39 is 11.2 Å². The van der Waals surface area contributed by atoms with E-state index in [4.69, 9.17) is 9.15 Å². The Morgan fingerprint density at radius 2 is 1.55 bits per heavy atom. The zero-order chi connectivity index (χ0) is 26.5. The fraction of sp³-hybridized carbons (Fsp3) is 0.400. The standard InChI is InChI=1S/C30H32F2N2O4/c31-22-8-10-23(11-9-22)37-21-30(20-28(35)33-16-4-1-5-17-33)14-18-34(19-15-30)29(36)27-13-12-26(38-27)24-6-2-3-7-25(24)32/h2-3,6-13H,1,4-5,14-21H2. The van der Waals surface area contributed by atoms with E-state index in [1.807, 2.05) is 4.90 Å². The summed E-state index contributed by atoms with van der Waals surface area (Å²) in [4.78, 5) is 30.1. The molecule has 2 amide bonds. The number of amides is 2. The van der Waals surface area contributed by atoms with Crippen molar-refractivity contribution in [2.45, 2.75) is 38.5 Å². The number of halogens is 2. The van der Waals surface area contributed by atoms with Crippen LogP contribution >= 0.6 is 0 Å². The van der Waals surface area contributed by atoms with Crippen LogP contribution in [0.5, 0.6) is 5.75 Å². The van der Waals surface area contributed by atoms with Crippen LogP contribution in [0.25, 0.3) is 11.3 Å². The molecule has 5 rings (SSSR count). The van der Waals surface area contributed by atoms with Gasteiger partial charge in [0.05, 0.1) is 12.2 Å². The Morgan fingerprint density at radius 3 is 2.26 bits per heavy atom. The second-order valence-electron chi connectivity index (χ2n) is 10.3. The minimum Gasteiger partial charge on any atom is -0.493 e. The van der Waals surface area contributed by atoms with Gasteiger partial charge in [-0.3, -0.25) is 9.59 Å². The topological polar surface area (TPSA) is 63.0 Å². The summed E-state index contributed by atoms with van der Waals surface area (Å²) < 4.78 is 39.3. The highest BCUT2D eigenvalue weighted by molar-refractivity contribution is 5.92. The van der Waals surface area contributed by atoms with Crippen LogP contribution in [0.2, 0.25) is 0 Å². The van der Waals surface area contributed by atoms with E-state index in [1.165, 1.54) is 18.2 Å². The number of likely N-dealkylation sites (tertiary alicyclic amines) is 2. The number of furan rings is 1. The van der Waals surface area contributed by atoms with E-state index in [2.05, 4.69) is 0 Å². The number of rotatable bonds is 7. The van der Waals surface area contributed by atoms with Gasteiger partial charge in [-0.1, -0.05) is 12.1 Å². The van der Waals surface area contributed by atoms with E-state index in [9.17, 15) is 18.4 Å². The molecule has 38 heavy (non-hydrogen) atoms. The van der Waals surface area contributed by atoms with Crippen LogP contribution in [0, 0.1) is 17.0 Å². The first kappa shape index (κ1) is 25.9. The van der Waals surface area contributed by atoms with Gasteiger partial charge < -0.3 is 19.0 Å². The van der Waals surface area contributed by atoms with Gasteiger partial charge in [0.25, 0.3) is 5.91 Å². The Balaban J connectivity index is 1.27.